The molecule has 3 nitrogen and oxygen atoms in total. The van der Waals surface area contributed by atoms with E-state index in [1.807, 2.05) is 0 Å². The fourth-order valence-corrected chi connectivity index (χ4v) is 3.31. The summed E-state index contributed by atoms with van der Waals surface area (Å²) in [6, 6.07) is 0. The standard InChI is InChI=1S/C15H28N2O/c1-15(8-2-3-9-15)12-17-14(18)7-6-13-5-4-10-16-11-13/h13,16H,2-12H2,1H3,(H,17,18). The number of carbonyl (C=O) groups excluding carboxylic acids is 1. The number of amides is 1. The Hall–Kier alpha value is -0.570. The molecule has 1 aliphatic carbocycles. The van der Waals surface area contributed by atoms with Crippen molar-refractivity contribution in [3.05, 3.63) is 0 Å². The molecule has 3 heteroatoms. The molecule has 1 saturated carbocycles. The molecule has 0 aromatic rings. The number of nitrogens with one attached hydrogen (secondary N) is 2. The summed E-state index contributed by atoms with van der Waals surface area (Å²) >= 11 is 0. The summed E-state index contributed by atoms with van der Waals surface area (Å²) in [4.78, 5) is 11.9. The summed E-state index contributed by atoms with van der Waals surface area (Å²) in [6.45, 7) is 5.45. The van der Waals surface area contributed by atoms with Crippen LogP contribution in [0.15, 0.2) is 0 Å². The van der Waals surface area contributed by atoms with Crippen LogP contribution in [0, 0.1) is 11.3 Å². The van der Waals surface area contributed by atoms with E-state index in [4.69, 9.17) is 0 Å². The molecule has 1 unspecified atom stereocenters. The molecule has 104 valence electrons. The van der Waals surface area contributed by atoms with Crippen LogP contribution < -0.4 is 10.6 Å². The first kappa shape index (κ1) is 13.9. The van der Waals surface area contributed by atoms with Crippen LogP contribution in [0.25, 0.3) is 0 Å². The van der Waals surface area contributed by atoms with E-state index in [1.165, 1.54) is 38.5 Å². The van der Waals surface area contributed by atoms with Crippen molar-refractivity contribution < 1.29 is 4.79 Å². The highest BCUT2D eigenvalue weighted by molar-refractivity contribution is 5.75. The molecule has 2 aliphatic rings. The topological polar surface area (TPSA) is 41.1 Å². The molecule has 1 aliphatic heterocycles. The van der Waals surface area contributed by atoms with Crippen molar-refractivity contribution in [2.75, 3.05) is 19.6 Å². The summed E-state index contributed by atoms with van der Waals surface area (Å²) in [5, 5.41) is 6.55. The lowest BCUT2D eigenvalue weighted by Crippen LogP contribution is -2.35. The molecule has 1 atom stereocenters. The molecule has 0 radical (unpaired) electrons. The molecular formula is C15H28N2O. The van der Waals surface area contributed by atoms with Gasteiger partial charge in [-0.1, -0.05) is 19.8 Å². The normalized spacial score (nSPS) is 27.1. The van der Waals surface area contributed by atoms with Crippen LogP contribution in [0.3, 0.4) is 0 Å². The van der Waals surface area contributed by atoms with Gasteiger partial charge in [0.15, 0.2) is 0 Å². The predicted octanol–water partition coefficient (Wildman–Crippen LogP) is 2.46. The van der Waals surface area contributed by atoms with Crippen LogP contribution in [-0.4, -0.2) is 25.5 Å². The Labute approximate surface area is 111 Å². The van der Waals surface area contributed by atoms with E-state index in [9.17, 15) is 4.79 Å². The van der Waals surface area contributed by atoms with Gasteiger partial charge in [-0.3, -0.25) is 4.79 Å². The largest absolute Gasteiger partial charge is 0.356 e. The van der Waals surface area contributed by atoms with Crippen molar-refractivity contribution in [1.29, 1.82) is 0 Å². The maximum absolute atomic E-state index is 11.9. The molecule has 1 saturated heterocycles. The number of hydrogen-bond donors (Lipinski definition) is 2. The highest BCUT2D eigenvalue weighted by atomic mass is 16.1. The second-order valence-corrected chi connectivity index (χ2v) is 6.55. The van der Waals surface area contributed by atoms with Gasteiger partial charge < -0.3 is 10.6 Å². The molecule has 0 spiro atoms. The molecule has 0 aromatic heterocycles. The Kier molecular flexibility index (Phi) is 5.04. The fourth-order valence-electron chi connectivity index (χ4n) is 3.31. The first-order chi connectivity index (χ1) is 8.68. The van der Waals surface area contributed by atoms with Gasteiger partial charge in [-0.25, -0.2) is 0 Å². The molecule has 18 heavy (non-hydrogen) atoms. The van der Waals surface area contributed by atoms with Gasteiger partial charge in [0.2, 0.25) is 5.91 Å². The summed E-state index contributed by atoms with van der Waals surface area (Å²) in [6.07, 6.45) is 9.54. The maximum Gasteiger partial charge on any atom is 0.220 e. The van der Waals surface area contributed by atoms with Crippen molar-refractivity contribution in [1.82, 2.24) is 10.6 Å². The van der Waals surface area contributed by atoms with Gasteiger partial charge in [-0.05, 0) is 56.5 Å². The van der Waals surface area contributed by atoms with Crippen molar-refractivity contribution in [2.45, 2.75) is 58.3 Å². The molecule has 2 fully saturated rings. The Morgan fingerprint density at radius 3 is 2.78 bits per heavy atom. The smallest absolute Gasteiger partial charge is 0.220 e. The zero-order chi connectivity index (χ0) is 12.8. The maximum atomic E-state index is 11.9. The highest BCUT2D eigenvalue weighted by Crippen LogP contribution is 2.36. The van der Waals surface area contributed by atoms with E-state index < -0.39 is 0 Å². The third-order valence-corrected chi connectivity index (χ3v) is 4.70. The number of hydrogen-bond acceptors (Lipinski definition) is 2. The second kappa shape index (κ2) is 6.55. The van der Waals surface area contributed by atoms with Crippen molar-refractivity contribution in [2.24, 2.45) is 11.3 Å². The minimum absolute atomic E-state index is 0.258. The quantitative estimate of drug-likeness (QED) is 0.789. The van der Waals surface area contributed by atoms with Gasteiger partial charge in [0.25, 0.3) is 0 Å². The van der Waals surface area contributed by atoms with Crippen LogP contribution in [0.4, 0.5) is 0 Å². The predicted molar refractivity (Wildman–Crippen MR) is 74.4 cm³/mol. The monoisotopic (exact) mass is 252 g/mol. The zero-order valence-electron chi connectivity index (χ0n) is 11.8. The molecule has 0 bridgehead atoms. The second-order valence-electron chi connectivity index (χ2n) is 6.55. The summed E-state index contributed by atoms with van der Waals surface area (Å²) in [5.74, 6) is 0.972. The minimum Gasteiger partial charge on any atom is -0.356 e. The van der Waals surface area contributed by atoms with Gasteiger partial charge in [0.05, 0.1) is 0 Å². The molecule has 2 rings (SSSR count). The number of carbonyl (C=O) groups is 1. The molecule has 2 N–H and O–H groups in total. The van der Waals surface area contributed by atoms with Gasteiger partial charge in [0, 0.05) is 13.0 Å². The Morgan fingerprint density at radius 1 is 1.33 bits per heavy atom. The fraction of sp³-hybridized carbons (Fsp3) is 0.933. The van der Waals surface area contributed by atoms with Crippen LogP contribution in [-0.2, 0) is 4.79 Å². The van der Waals surface area contributed by atoms with E-state index >= 15 is 0 Å². The average molecular weight is 252 g/mol. The first-order valence-electron chi connectivity index (χ1n) is 7.65. The van der Waals surface area contributed by atoms with Crippen LogP contribution in [0.2, 0.25) is 0 Å². The third kappa shape index (κ3) is 4.27. The molecule has 1 amide bonds. The van der Waals surface area contributed by atoms with Crippen molar-refractivity contribution in [3.8, 4) is 0 Å². The number of rotatable bonds is 5. The average Bonchev–Trinajstić information content (AvgIpc) is 2.83. The first-order valence-corrected chi connectivity index (χ1v) is 7.65. The lowest BCUT2D eigenvalue weighted by molar-refractivity contribution is -0.121. The minimum atomic E-state index is 0.258. The summed E-state index contributed by atoms with van der Waals surface area (Å²) < 4.78 is 0. The van der Waals surface area contributed by atoms with Gasteiger partial charge in [-0.2, -0.15) is 0 Å². The zero-order valence-corrected chi connectivity index (χ0v) is 11.8. The van der Waals surface area contributed by atoms with E-state index in [-0.39, 0.29) is 5.91 Å². The van der Waals surface area contributed by atoms with E-state index in [2.05, 4.69) is 17.6 Å². The SMILES string of the molecule is CC1(CNC(=O)CCC2CCCNC2)CCCC1. The molecular weight excluding hydrogens is 224 g/mol. The van der Waals surface area contributed by atoms with Crippen LogP contribution >= 0.6 is 0 Å². The van der Waals surface area contributed by atoms with Gasteiger partial charge in [-0.15, -0.1) is 0 Å². The summed E-state index contributed by atoms with van der Waals surface area (Å²) in [5.41, 5.74) is 0.377. The van der Waals surface area contributed by atoms with E-state index in [0.717, 1.165) is 26.1 Å². The van der Waals surface area contributed by atoms with E-state index in [0.29, 0.717) is 17.8 Å². The third-order valence-electron chi connectivity index (χ3n) is 4.70. The van der Waals surface area contributed by atoms with E-state index in [1.54, 1.807) is 0 Å². The Bertz CT molecular complexity index is 266. The van der Waals surface area contributed by atoms with Crippen molar-refractivity contribution in [3.63, 3.8) is 0 Å². The van der Waals surface area contributed by atoms with Crippen LogP contribution in [0.5, 0.6) is 0 Å². The van der Waals surface area contributed by atoms with Gasteiger partial charge in [0.1, 0.15) is 0 Å². The van der Waals surface area contributed by atoms with Gasteiger partial charge >= 0.3 is 0 Å². The summed E-state index contributed by atoms with van der Waals surface area (Å²) in [7, 11) is 0. The van der Waals surface area contributed by atoms with Crippen LogP contribution in [0.1, 0.15) is 58.3 Å². The molecule has 1 heterocycles. The Morgan fingerprint density at radius 2 is 2.11 bits per heavy atom. The number of piperidine rings is 1. The van der Waals surface area contributed by atoms with Crippen molar-refractivity contribution >= 4 is 5.91 Å². The highest BCUT2D eigenvalue weighted by Gasteiger charge is 2.28. The Balaban J connectivity index is 1.59. The molecule has 0 aromatic carbocycles. The lowest BCUT2D eigenvalue weighted by atomic mass is 9.89. The lowest BCUT2D eigenvalue weighted by Gasteiger charge is -2.25.